The highest BCUT2D eigenvalue weighted by Crippen LogP contribution is 2.15. The number of quaternary nitrogens is 1. The lowest BCUT2D eigenvalue weighted by Crippen LogP contribution is -3.15. The first-order valence-electron chi connectivity index (χ1n) is 8.76. The number of rotatable bonds is 6. The minimum absolute atomic E-state index is 0.160. The van der Waals surface area contributed by atoms with Crippen LogP contribution in [0.4, 0.5) is 10.1 Å². The van der Waals surface area contributed by atoms with Gasteiger partial charge in [0.05, 0.1) is 32.8 Å². The van der Waals surface area contributed by atoms with Crippen molar-refractivity contribution in [1.29, 1.82) is 0 Å². The Kier molecular flexibility index (Phi) is 5.66. The molecular weight excluding hydrogens is 319 g/mol. The maximum absolute atomic E-state index is 13.0. The maximum Gasteiger partial charge on any atom is 0.216 e. The standard InChI is InChI=1S/C20H23FN2O2/c1-2-25-19-9-3-16(4-10-19)20(24)15-22-11-13-23(14-12-22)18-7-5-17(21)6-8-18/h3-10H,2,11-15H2,1H3/p+1. The normalized spacial score (nSPS) is 15.2. The molecule has 2 aromatic rings. The molecule has 0 saturated carbocycles. The van der Waals surface area contributed by atoms with Crippen molar-refractivity contribution in [2.45, 2.75) is 6.92 Å². The molecule has 0 spiro atoms. The summed E-state index contributed by atoms with van der Waals surface area (Å²) in [5.41, 5.74) is 1.77. The number of carbonyl (C=O) groups is 1. The van der Waals surface area contributed by atoms with Gasteiger partial charge >= 0.3 is 0 Å². The second kappa shape index (κ2) is 8.12. The van der Waals surface area contributed by atoms with E-state index in [9.17, 15) is 9.18 Å². The van der Waals surface area contributed by atoms with Gasteiger partial charge in [-0.15, -0.1) is 0 Å². The summed E-state index contributed by atoms with van der Waals surface area (Å²) in [4.78, 5) is 16.0. The van der Waals surface area contributed by atoms with Gasteiger partial charge in [-0.2, -0.15) is 0 Å². The summed E-state index contributed by atoms with van der Waals surface area (Å²) in [5, 5.41) is 0. The van der Waals surface area contributed by atoms with Crippen molar-refractivity contribution in [2.75, 3.05) is 44.2 Å². The third kappa shape index (κ3) is 4.57. The van der Waals surface area contributed by atoms with Crippen molar-refractivity contribution in [2.24, 2.45) is 0 Å². The molecule has 1 fully saturated rings. The molecule has 0 atom stereocenters. The monoisotopic (exact) mass is 343 g/mol. The summed E-state index contributed by atoms with van der Waals surface area (Å²) in [5.74, 6) is 0.738. The number of carbonyl (C=O) groups excluding carboxylic acids is 1. The lowest BCUT2D eigenvalue weighted by molar-refractivity contribution is -0.892. The molecule has 0 amide bonds. The Morgan fingerprint density at radius 2 is 1.72 bits per heavy atom. The number of piperazine rings is 1. The lowest BCUT2D eigenvalue weighted by atomic mass is 10.1. The van der Waals surface area contributed by atoms with Gasteiger partial charge in [0, 0.05) is 11.3 Å². The van der Waals surface area contributed by atoms with Crippen LogP contribution < -0.4 is 14.5 Å². The van der Waals surface area contributed by atoms with E-state index in [-0.39, 0.29) is 11.6 Å². The Balaban J connectivity index is 1.51. The largest absolute Gasteiger partial charge is 0.494 e. The molecule has 3 rings (SSSR count). The molecule has 0 bridgehead atoms. The van der Waals surface area contributed by atoms with Gasteiger partial charge in [0.15, 0.2) is 0 Å². The summed E-state index contributed by atoms with van der Waals surface area (Å²) >= 11 is 0. The van der Waals surface area contributed by atoms with Gasteiger partial charge in [-0.05, 0) is 55.5 Å². The van der Waals surface area contributed by atoms with Crippen LogP contribution in [-0.4, -0.2) is 45.1 Å². The summed E-state index contributed by atoms with van der Waals surface area (Å²) in [6.07, 6.45) is 0. The highest BCUT2D eigenvalue weighted by molar-refractivity contribution is 5.96. The predicted octanol–water partition coefficient (Wildman–Crippen LogP) is 1.81. The number of nitrogens with zero attached hydrogens (tertiary/aromatic N) is 1. The summed E-state index contributed by atoms with van der Waals surface area (Å²) in [6.45, 7) is 6.62. The molecule has 1 aliphatic rings. The van der Waals surface area contributed by atoms with Crippen LogP contribution in [0.2, 0.25) is 0 Å². The third-order valence-electron chi connectivity index (χ3n) is 4.56. The number of hydrogen-bond acceptors (Lipinski definition) is 3. The number of ketones is 1. The molecule has 1 heterocycles. The van der Waals surface area contributed by atoms with Crippen LogP contribution in [0.5, 0.6) is 5.75 Å². The molecule has 1 aliphatic heterocycles. The average Bonchev–Trinajstić information content (AvgIpc) is 2.64. The number of halogens is 1. The number of hydrogen-bond donors (Lipinski definition) is 1. The van der Waals surface area contributed by atoms with Crippen LogP contribution in [0.15, 0.2) is 48.5 Å². The molecule has 1 N–H and O–H groups in total. The van der Waals surface area contributed by atoms with Gasteiger partial charge in [0.25, 0.3) is 0 Å². The fraction of sp³-hybridized carbons (Fsp3) is 0.350. The van der Waals surface area contributed by atoms with Crippen LogP contribution in [-0.2, 0) is 0 Å². The second-order valence-electron chi connectivity index (χ2n) is 6.27. The molecule has 0 aliphatic carbocycles. The number of benzene rings is 2. The van der Waals surface area contributed by atoms with E-state index in [0.29, 0.717) is 13.2 Å². The van der Waals surface area contributed by atoms with Crippen LogP contribution in [0.1, 0.15) is 17.3 Å². The van der Waals surface area contributed by atoms with Crippen molar-refractivity contribution < 1.29 is 18.8 Å². The van der Waals surface area contributed by atoms with Crippen molar-refractivity contribution in [1.82, 2.24) is 0 Å². The molecule has 0 radical (unpaired) electrons. The quantitative estimate of drug-likeness (QED) is 0.813. The first-order chi connectivity index (χ1) is 12.2. The molecule has 132 valence electrons. The smallest absolute Gasteiger partial charge is 0.216 e. The van der Waals surface area contributed by atoms with Crippen molar-refractivity contribution in [3.63, 3.8) is 0 Å². The Bertz CT molecular complexity index is 693. The number of anilines is 1. The number of ether oxygens (including phenoxy) is 1. The van der Waals surface area contributed by atoms with Gasteiger partial charge in [0.2, 0.25) is 5.78 Å². The van der Waals surface area contributed by atoms with E-state index in [2.05, 4.69) is 4.90 Å². The first kappa shape index (κ1) is 17.4. The zero-order valence-electron chi connectivity index (χ0n) is 14.5. The second-order valence-corrected chi connectivity index (χ2v) is 6.27. The lowest BCUT2D eigenvalue weighted by Gasteiger charge is -2.33. The van der Waals surface area contributed by atoms with Gasteiger partial charge in [-0.1, -0.05) is 0 Å². The minimum atomic E-state index is -0.214. The highest BCUT2D eigenvalue weighted by Gasteiger charge is 2.23. The van der Waals surface area contributed by atoms with Crippen molar-refractivity contribution in [3.05, 3.63) is 59.9 Å². The van der Waals surface area contributed by atoms with E-state index in [1.807, 2.05) is 43.3 Å². The van der Waals surface area contributed by atoms with E-state index in [0.717, 1.165) is 43.2 Å². The van der Waals surface area contributed by atoms with Gasteiger partial charge in [-0.3, -0.25) is 4.79 Å². The minimum Gasteiger partial charge on any atom is -0.494 e. The van der Waals surface area contributed by atoms with Crippen LogP contribution in [0.25, 0.3) is 0 Å². The van der Waals surface area contributed by atoms with Gasteiger partial charge < -0.3 is 14.5 Å². The Labute approximate surface area is 147 Å². The van der Waals surface area contributed by atoms with Gasteiger partial charge in [-0.25, -0.2) is 4.39 Å². The maximum atomic E-state index is 13.0. The predicted molar refractivity (Wildman–Crippen MR) is 96.1 cm³/mol. The molecule has 0 aromatic heterocycles. The average molecular weight is 343 g/mol. The molecule has 25 heavy (non-hydrogen) atoms. The van der Waals surface area contributed by atoms with Crippen molar-refractivity contribution >= 4 is 11.5 Å². The molecule has 4 nitrogen and oxygen atoms in total. The van der Waals surface area contributed by atoms with E-state index in [4.69, 9.17) is 4.74 Å². The summed E-state index contributed by atoms with van der Waals surface area (Å²) in [7, 11) is 0. The van der Waals surface area contributed by atoms with Crippen LogP contribution in [0.3, 0.4) is 0 Å². The molecule has 0 unspecified atom stereocenters. The fourth-order valence-electron chi connectivity index (χ4n) is 3.14. The van der Waals surface area contributed by atoms with Crippen molar-refractivity contribution in [3.8, 4) is 5.75 Å². The van der Waals surface area contributed by atoms with Gasteiger partial charge in [0.1, 0.15) is 18.1 Å². The Hall–Kier alpha value is -2.40. The molecular formula is C20H24FN2O2+. The number of Topliss-reactive ketones (excluding diaryl/α,β-unsaturated/α-hetero) is 1. The number of nitrogens with one attached hydrogen (secondary N) is 1. The Morgan fingerprint density at radius 3 is 2.32 bits per heavy atom. The molecule has 2 aromatic carbocycles. The first-order valence-corrected chi connectivity index (χ1v) is 8.76. The fourth-order valence-corrected chi connectivity index (χ4v) is 3.14. The molecule has 1 saturated heterocycles. The van der Waals surface area contributed by atoms with E-state index in [1.165, 1.54) is 17.0 Å². The Morgan fingerprint density at radius 1 is 1.08 bits per heavy atom. The van der Waals surface area contributed by atoms with E-state index < -0.39 is 0 Å². The van der Waals surface area contributed by atoms with Crippen LogP contribution >= 0.6 is 0 Å². The van der Waals surface area contributed by atoms with E-state index >= 15 is 0 Å². The molecule has 5 heteroatoms. The summed E-state index contributed by atoms with van der Waals surface area (Å²) in [6, 6.07) is 14.0. The highest BCUT2D eigenvalue weighted by atomic mass is 19.1. The van der Waals surface area contributed by atoms with E-state index in [1.54, 1.807) is 0 Å². The zero-order valence-corrected chi connectivity index (χ0v) is 14.5. The summed E-state index contributed by atoms with van der Waals surface area (Å²) < 4.78 is 18.4. The SMILES string of the molecule is CCOc1ccc(C(=O)C[NH+]2CCN(c3ccc(F)cc3)CC2)cc1. The van der Waals surface area contributed by atoms with Crippen LogP contribution in [0, 0.1) is 5.82 Å². The zero-order chi connectivity index (χ0) is 17.6. The topological polar surface area (TPSA) is 34.0 Å². The third-order valence-corrected chi connectivity index (χ3v) is 4.56.